The van der Waals surface area contributed by atoms with Crippen LogP contribution in [-0.4, -0.2) is 67.6 Å². The van der Waals surface area contributed by atoms with Gasteiger partial charge >= 0.3 is 0 Å². The highest BCUT2D eigenvalue weighted by Crippen LogP contribution is 2.56. The summed E-state index contributed by atoms with van der Waals surface area (Å²) in [4.78, 5) is 50.8. The molecule has 3 aliphatic rings. The molecule has 0 saturated carbocycles. The van der Waals surface area contributed by atoms with Crippen molar-refractivity contribution in [2.75, 3.05) is 0 Å². The zero-order valence-corrected chi connectivity index (χ0v) is 76.7. The van der Waals surface area contributed by atoms with Gasteiger partial charge in [-0.25, -0.2) is 29.9 Å². The molecule has 0 aliphatic heterocycles. The number of para-hydroxylation sites is 6. The standard InChI is InChI=1S/C45H28N4.C43H22N4O.C41H21N5/c1-45(2)32-17-8-5-15-28(32)41-40-33(45)18-11-19-34(40)46-44(47-41)49-37-23-22-25-12-3-4-13-26(25)38(37)31-24-30-27-14-6-9-20-35(27)48-36-21-10-7-16-29(36)39(42(30)48)43(31)49;48-42-27-14-4-3-13-26(27)39-37-29(42)16-9-17-32(37)44-43(45-39)47-35-21-20-23-10-1-2-11-24(23)36(35)31-22-30-25-12-5-7-18-33(25)46-34-19-8-6-15-28(34)38(40(30)46)41(31)47;1-2-10-23-22(9-1)17-18-33-34(23)30-21-29-25-12-5-7-15-31(25)45-32-16-8-6-14-28(32)36(38(29)45)39(30)46(33)41-43-37-27-13-4-3-11-24(27)26-19-20-42-40(44-41)35(26)37/h3-24H,1-2H3;1-22H;1-21H. The quantitative estimate of drug-likeness (QED) is 0.171. The minimum atomic E-state index is -0.158. The molecule has 0 spiro atoms. The van der Waals surface area contributed by atoms with Crippen LogP contribution in [0.1, 0.15) is 40.9 Å². The summed E-state index contributed by atoms with van der Waals surface area (Å²) in [5, 5.41) is 32.4. The number of fused-ring (bicyclic) bond motifs is 43. The number of carbonyl (C=O) groups excluding carboxylic acids is 1. The Balaban J connectivity index is 0.0000000929. The molecular weight excluding hydrogens is 1750 g/mol. The van der Waals surface area contributed by atoms with E-state index in [4.69, 9.17) is 34.9 Å². The lowest BCUT2D eigenvalue weighted by molar-refractivity contribution is 0.104. The maximum atomic E-state index is 13.6. The van der Waals surface area contributed by atoms with Crippen LogP contribution in [0.2, 0.25) is 0 Å². The SMILES string of the molecule is CC1(C)c2ccccc2-c2nc(-n3c4ccc5ccccc5c4c4cc5c6ccccc6n6c7ccccc7c(c43)c56)nc3cccc1c23.O=C1c2ccccc2-c2nc(-n3c4ccc5ccccc5c4c4cc5c6ccccc6n6c7ccccc7c(c43)c56)nc3cccc1c23.c1ccc2c(c1)-c1ccnc3nc(-n4c5ccc6ccccc6c5c5cc6c7ccccc7n7c8ccccc8c(c54)c67)nc-2c13. The van der Waals surface area contributed by atoms with Gasteiger partial charge in [0.1, 0.15) is 0 Å². The first kappa shape index (κ1) is 75.9. The lowest BCUT2D eigenvalue weighted by Gasteiger charge is -2.34. The number of aromatic nitrogens is 13. The van der Waals surface area contributed by atoms with Gasteiger partial charge in [-0.2, -0.15) is 4.98 Å². The monoisotopic (exact) mass is 1820 g/mol. The van der Waals surface area contributed by atoms with Crippen LogP contribution in [0.25, 0.3) is 308 Å². The van der Waals surface area contributed by atoms with Crippen LogP contribution in [0.3, 0.4) is 0 Å². The number of carbonyl (C=O) groups is 1. The molecule has 0 atom stereocenters. The average Bonchev–Trinajstić information content (AvgIpc) is 1.52. The Morgan fingerprint density at radius 2 is 0.545 bits per heavy atom. The van der Waals surface area contributed by atoms with E-state index in [1.807, 2.05) is 48.7 Å². The third-order valence-electron chi connectivity index (χ3n) is 32.2. The van der Waals surface area contributed by atoms with Gasteiger partial charge in [0.25, 0.3) is 0 Å². The summed E-state index contributed by atoms with van der Waals surface area (Å²) in [6, 6.07) is 139. The van der Waals surface area contributed by atoms with E-state index in [9.17, 15) is 4.79 Å². The van der Waals surface area contributed by atoms with Crippen LogP contribution in [-0.2, 0) is 5.41 Å². The molecule has 36 rings (SSSR count). The van der Waals surface area contributed by atoms with Gasteiger partial charge in [-0.3, -0.25) is 18.5 Å². The maximum Gasteiger partial charge on any atom is 0.237 e. The lowest BCUT2D eigenvalue weighted by Crippen LogP contribution is -2.24. The second kappa shape index (κ2) is 27.0. The molecule has 0 fully saturated rings. The highest BCUT2D eigenvalue weighted by molar-refractivity contribution is 6.41. The van der Waals surface area contributed by atoms with Crippen LogP contribution in [0, 0.1) is 0 Å². The topological polar surface area (TPSA) is 135 Å². The van der Waals surface area contributed by atoms with Gasteiger partial charge in [0, 0.05) is 147 Å². The fourth-order valence-corrected chi connectivity index (χ4v) is 26.5. The number of ketones is 1. The molecule has 0 N–H and O–H groups in total. The second-order valence-corrected chi connectivity index (χ2v) is 39.5. The first-order valence-corrected chi connectivity index (χ1v) is 48.9. The Morgan fingerprint density at radius 3 is 1.01 bits per heavy atom. The van der Waals surface area contributed by atoms with Crippen LogP contribution in [0.4, 0.5) is 0 Å². The van der Waals surface area contributed by atoms with Gasteiger partial charge < -0.3 is 13.2 Å². The molecule has 13 aromatic heterocycles. The van der Waals surface area contributed by atoms with Gasteiger partial charge in [-0.1, -0.05) is 311 Å². The molecule has 0 bridgehead atoms. The van der Waals surface area contributed by atoms with Crippen molar-refractivity contribution in [2.24, 2.45) is 0 Å². The van der Waals surface area contributed by atoms with Gasteiger partial charge in [-0.05, 0) is 146 Å². The number of hydrogen-bond acceptors (Lipinski definition) is 8. The van der Waals surface area contributed by atoms with Crippen molar-refractivity contribution < 1.29 is 4.79 Å². The first-order valence-electron chi connectivity index (χ1n) is 48.9. The van der Waals surface area contributed by atoms with Gasteiger partial charge in [0.2, 0.25) is 17.8 Å². The summed E-state index contributed by atoms with van der Waals surface area (Å²) in [7, 11) is 0. The molecule has 143 heavy (non-hydrogen) atoms. The Morgan fingerprint density at radius 1 is 0.210 bits per heavy atom. The molecule has 33 aromatic rings. The van der Waals surface area contributed by atoms with E-state index < -0.39 is 0 Å². The summed E-state index contributed by atoms with van der Waals surface area (Å²) in [5.41, 5.74) is 32.0. The van der Waals surface area contributed by atoms with E-state index in [1.54, 1.807) is 0 Å². The van der Waals surface area contributed by atoms with E-state index in [0.29, 0.717) is 29.0 Å². The van der Waals surface area contributed by atoms with Gasteiger partial charge in [0.15, 0.2) is 11.4 Å². The van der Waals surface area contributed by atoms with E-state index in [1.165, 1.54) is 201 Å². The number of rotatable bonds is 3. The molecular formula is C129H71N13O. The Hall–Kier alpha value is -19.2. The Labute approximate surface area is 810 Å². The third-order valence-corrected chi connectivity index (χ3v) is 32.2. The first-order chi connectivity index (χ1) is 70.7. The van der Waals surface area contributed by atoms with Crippen LogP contribution in [0.5, 0.6) is 0 Å². The molecule has 3 aliphatic carbocycles. The Bertz CT molecular complexity index is 11700. The number of pyridine rings is 1. The van der Waals surface area contributed by atoms with E-state index in [2.05, 4.69) is 387 Å². The number of hydrogen-bond donors (Lipinski definition) is 0. The van der Waals surface area contributed by atoms with Crippen LogP contribution >= 0.6 is 0 Å². The number of nitrogens with zero attached hydrogens (tertiary/aromatic N) is 13. The van der Waals surface area contributed by atoms with E-state index >= 15 is 0 Å². The van der Waals surface area contributed by atoms with Crippen molar-refractivity contribution in [3.05, 3.63) is 417 Å². The average molecular weight is 1820 g/mol. The molecule has 0 amide bonds. The smallest absolute Gasteiger partial charge is 0.237 e. The van der Waals surface area contributed by atoms with Crippen molar-refractivity contribution in [2.45, 2.75) is 19.3 Å². The second-order valence-electron chi connectivity index (χ2n) is 39.5. The van der Waals surface area contributed by atoms with Crippen molar-refractivity contribution in [3.8, 4) is 62.7 Å². The van der Waals surface area contributed by atoms with Crippen molar-refractivity contribution in [1.29, 1.82) is 0 Å². The number of benzene rings is 20. The molecule has 658 valence electrons. The Kier molecular flexibility index (Phi) is 14.3. The predicted molar refractivity (Wildman–Crippen MR) is 587 cm³/mol. The predicted octanol–water partition coefficient (Wildman–Crippen LogP) is 31.7. The summed E-state index contributed by atoms with van der Waals surface area (Å²) >= 11 is 0. The zero-order chi connectivity index (χ0) is 93.1. The third kappa shape index (κ3) is 9.53. The molecule has 0 saturated heterocycles. The van der Waals surface area contributed by atoms with E-state index in [0.717, 1.165) is 99.7 Å². The normalized spacial score (nSPS) is 13.3. The summed E-state index contributed by atoms with van der Waals surface area (Å²) in [6.45, 7) is 4.64. The molecule has 13 heterocycles. The summed E-state index contributed by atoms with van der Waals surface area (Å²) in [5.74, 6) is 1.95. The van der Waals surface area contributed by atoms with Gasteiger partial charge in [0.05, 0.1) is 116 Å². The fourth-order valence-electron chi connectivity index (χ4n) is 26.5. The van der Waals surface area contributed by atoms with Crippen molar-refractivity contribution in [3.63, 3.8) is 0 Å². The van der Waals surface area contributed by atoms with Crippen LogP contribution in [0.15, 0.2) is 394 Å². The highest BCUT2D eigenvalue weighted by Gasteiger charge is 2.39. The van der Waals surface area contributed by atoms with Crippen molar-refractivity contribution >= 4 is 251 Å². The molecule has 14 nitrogen and oxygen atoms in total. The molecule has 0 radical (unpaired) electrons. The van der Waals surface area contributed by atoms with Crippen molar-refractivity contribution in [1.82, 2.24) is 61.8 Å². The minimum Gasteiger partial charge on any atom is -0.308 e. The molecule has 0 unspecified atom stereocenters. The summed E-state index contributed by atoms with van der Waals surface area (Å²) in [6.07, 6.45) is 1.87. The largest absolute Gasteiger partial charge is 0.308 e. The van der Waals surface area contributed by atoms with Crippen LogP contribution < -0.4 is 0 Å². The maximum absolute atomic E-state index is 13.6. The molecule has 20 aromatic carbocycles. The zero-order valence-electron chi connectivity index (χ0n) is 76.7. The minimum absolute atomic E-state index is 0.0170. The summed E-state index contributed by atoms with van der Waals surface area (Å²) < 4.78 is 14.3. The lowest BCUT2D eigenvalue weighted by atomic mass is 9.70. The van der Waals surface area contributed by atoms with Gasteiger partial charge in [-0.15, -0.1) is 0 Å². The molecule has 14 heteroatoms. The fraction of sp³-hybridized carbons (Fsp3) is 0.0233. The highest BCUT2D eigenvalue weighted by atomic mass is 16.1. The van der Waals surface area contributed by atoms with E-state index in [-0.39, 0.29) is 11.2 Å².